The molecule has 1 heterocycles. The maximum Gasteiger partial charge on any atom is 0.321 e. The van der Waals surface area contributed by atoms with E-state index >= 15 is 0 Å². The number of amides is 2. The van der Waals surface area contributed by atoms with Crippen molar-refractivity contribution < 1.29 is 9.21 Å². The van der Waals surface area contributed by atoms with Gasteiger partial charge in [-0.3, -0.25) is 0 Å². The first-order valence-electron chi connectivity index (χ1n) is 5.35. The minimum absolute atomic E-state index is 0.160. The zero-order chi connectivity index (χ0) is 12.1. The minimum atomic E-state index is -0.160. The molecule has 0 aliphatic rings. The molecule has 0 bridgehead atoms. The predicted octanol–water partition coefficient (Wildman–Crippen LogP) is 2.94. The first-order chi connectivity index (χ1) is 8.25. The van der Waals surface area contributed by atoms with E-state index in [-0.39, 0.29) is 6.03 Å². The molecule has 2 rings (SSSR count). The fraction of sp³-hybridized carbons (Fsp3) is 0.154. The molecule has 0 fully saturated rings. The van der Waals surface area contributed by atoms with Gasteiger partial charge in [0, 0.05) is 12.7 Å². The van der Waals surface area contributed by atoms with Crippen LogP contribution < -0.4 is 5.32 Å². The van der Waals surface area contributed by atoms with Gasteiger partial charge in [-0.2, -0.15) is 0 Å². The van der Waals surface area contributed by atoms with Gasteiger partial charge < -0.3 is 14.6 Å². The maximum absolute atomic E-state index is 11.8. The fourth-order valence-electron chi connectivity index (χ4n) is 1.45. The molecule has 0 saturated carbocycles. The Balaban J connectivity index is 1.92. The smallest absolute Gasteiger partial charge is 0.321 e. The molecule has 0 aliphatic carbocycles. The molecule has 2 aromatic rings. The van der Waals surface area contributed by atoms with E-state index < -0.39 is 0 Å². The topological polar surface area (TPSA) is 45.5 Å². The van der Waals surface area contributed by atoms with Crippen LogP contribution in [0.1, 0.15) is 5.76 Å². The molecular weight excluding hydrogens is 216 g/mol. The Morgan fingerprint density at radius 3 is 2.65 bits per heavy atom. The normalized spacial score (nSPS) is 9.94. The van der Waals surface area contributed by atoms with Crippen LogP contribution in [0.15, 0.2) is 53.1 Å². The molecule has 0 saturated heterocycles. The van der Waals surface area contributed by atoms with Crippen LogP contribution in [-0.2, 0) is 6.54 Å². The Hall–Kier alpha value is -2.23. The van der Waals surface area contributed by atoms with E-state index in [9.17, 15) is 4.79 Å². The average Bonchev–Trinajstić information content (AvgIpc) is 2.83. The van der Waals surface area contributed by atoms with Gasteiger partial charge >= 0.3 is 6.03 Å². The van der Waals surface area contributed by atoms with Gasteiger partial charge in [0.1, 0.15) is 5.76 Å². The Labute approximate surface area is 99.8 Å². The van der Waals surface area contributed by atoms with Gasteiger partial charge in [-0.25, -0.2) is 4.79 Å². The SMILES string of the molecule is CN(Cc1ccco1)C(=O)Nc1ccccc1. The third-order valence-corrected chi connectivity index (χ3v) is 2.34. The van der Waals surface area contributed by atoms with Crippen LogP contribution in [0.5, 0.6) is 0 Å². The van der Waals surface area contributed by atoms with Crippen LogP contribution in [0.3, 0.4) is 0 Å². The lowest BCUT2D eigenvalue weighted by atomic mass is 10.3. The largest absolute Gasteiger partial charge is 0.467 e. The molecule has 0 spiro atoms. The van der Waals surface area contributed by atoms with Crippen molar-refractivity contribution in [2.24, 2.45) is 0 Å². The monoisotopic (exact) mass is 230 g/mol. The second-order valence-electron chi connectivity index (χ2n) is 3.73. The van der Waals surface area contributed by atoms with Crippen LogP contribution >= 0.6 is 0 Å². The molecule has 0 unspecified atom stereocenters. The van der Waals surface area contributed by atoms with Gasteiger partial charge in [-0.1, -0.05) is 18.2 Å². The van der Waals surface area contributed by atoms with Crippen molar-refractivity contribution in [3.05, 3.63) is 54.5 Å². The molecule has 0 radical (unpaired) electrons. The summed E-state index contributed by atoms with van der Waals surface area (Å²) in [6.07, 6.45) is 1.60. The van der Waals surface area contributed by atoms with Crippen molar-refractivity contribution in [3.63, 3.8) is 0 Å². The van der Waals surface area contributed by atoms with Gasteiger partial charge in [-0.15, -0.1) is 0 Å². The second kappa shape index (κ2) is 5.21. The molecular formula is C13H14N2O2. The number of urea groups is 1. The molecule has 17 heavy (non-hydrogen) atoms. The number of furan rings is 1. The van der Waals surface area contributed by atoms with Crippen molar-refractivity contribution in [2.75, 3.05) is 12.4 Å². The molecule has 0 aliphatic heterocycles. The zero-order valence-corrected chi connectivity index (χ0v) is 9.59. The summed E-state index contributed by atoms with van der Waals surface area (Å²) < 4.78 is 5.18. The number of nitrogens with zero attached hydrogens (tertiary/aromatic N) is 1. The van der Waals surface area contributed by atoms with Crippen molar-refractivity contribution in [2.45, 2.75) is 6.54 Å². The van der Waals surface area contributed by atoms with E-state index in [4.69, 9.17) is 4.42 Å². The van der Waals surface area contributed by atoms with Crippen LogP contribution in [0.25, 0.3) is 0 Å². The van der Waals surface area contributed by atoms with Crippen molar-refractivity contribution >= 4 is 11.7 Å². The zero-order valence-electron chi connectivity index (χ0n) is 9.59. The quantitative estimate of drug-likeness (QED) is 0.881. The van der Waals surface area contributed by atoms with Gasteiger partial charge in [-0.05, 0) is 24.3 Å². The van der Waals surface area contributed by atoms with Gasteiger partial charge in [0.25, 0.3) is 0 Å². The molecule has 1 N–H and O–H groups in total. The summed E-state index contributed by atoms with van der Waals surface area (Å²) >= 11 is 0. The Morgan fingerprint density at radius 1 is 1.24 bits per heavy atom. The minimum Gasteiger partial charge on any atom is -0.467 e. The van der Waals surface area contributed by atoms with Crippen LogP contribution in [0.2, 0.25) is 0 Å². The van der Waals surface area contributed by atoms with Crippen LogP contribution in [0, 0.1) is 0 Å². The van der Waals surface area contributed by atoms with Crippen molar-refractivity contribution in [3.8, 4) is 0 Å². The molecule has 4 nitrogen and oxygen atoms in total. The summed E-state index contributed by atoms with van der Waals surface area (Å²) in [6.45, 7) is 0.450. The lowest BCUT2D eigenvalue weighted by molar-refractivity contribution is 0.217. The third-order valence-electron chi connectivity index (χ3n) is 2.34. The molecule has 1 aromatic heterocycles. The number of rotatable bonds is 3. The van der Waals surface area contributed by atoms with Gasteiger partial charge in [0.15, 0.2) is 0 Å². The number of para-hydroxylation sites is 1. The van der Waals surface area contributed by atoms with E-state index in [0.717, 1.165) is 11.4 Å². The number of hydrogen-bond acceptors (Lipinski definition) is 2. The number of benzene rings is 1. The summed E-state index contributed by atoms with van der Waals surface area (Å²) in [5, 5.41) is 2.80. The molecule has 88 valence electrons. The highest BCUT2D eigenvalue weighted by molar-refractivity contribution is 5.88. The highest BCUT2D eigenvalue weighted by atomic mass is 16.3. The number of carbonyl (C=O) groups excluding carboxylic acids is 1. The van der Waals surface area contributed by atoms with E-state index in [2.05, 4.69) is 5.32 Å². The van der Waals surface area contributed by atoms with Crippen molar-refractivity contribution in [1.29, 1.82) is 0 Å². The number of nitrogens with one attached hydrogen (secondary N) is 1. The molecule has 0 atom stereocenters. The number of anilines is 1. The Morgan fingerprint density at radius 2 is 2.00 bits per heavy atom. The number of carbonyl (C=O) groups is 1. The first-order valence-corrected chi connectivity index (χ1v) is 5.35. The van der Waals surface area contributed by atoms with Crippen LogP contribution in [-0.4, -0.2) is 18.0 Å². The summed E-state index contributed by atoms with van der Waals surface area (Å²) in [5.41, 5.74) is 0.781. The third kappa shape index (κ3) is 3.11. The van der Waals surface area contributed by atoms with Gasteiger partial charge in [0.2, 0.25) is 0 Å². The van der Waals surface area contributed by atoms with Gasteiger partial charge in [0.05, 0.1) is 12.8 Å². The molecule has 4 heteroatoms. The summed E-state index contributed by atoms with van der Waals surface area (Å²) in [4.78, 5) is 13.4. The standard InChI is InChI=1S/C13H14N2O2/c1-15(10-12-8-5-9-17-12)13(16)14-11-6-3-2-4-7-11/h2-9H,10H2,1H3,(H,14,16). The first kappa shape index (κ1) is 11.3. The second-order valence-corrected chi connectivity index (χ2v) is 3.73. The predicted molar refractivity (Wildman–Crippen MR) is 65.6 cm³/mol. The molecule has 2 amide bonds. The van der Waals surface area contributed by atoms with Crippen molar-refractivity contribution in [1.82, 2.24) is 4.90 Å². The summed E-state index contributed by atoms with van der Waals surface area (Å²) in [5.74, 6) is 0.760. The Kier molecular flexibility index (Phi) is 3.45. The number of hydrogen-bond donors (Lipinski definition) is 1. The fourth-order valence-corrected chi connectivity index (χ4v) is 1.45. The summed E-state index contributed by atoms with van der Waals surface area (Å²) in [7, 11) is 1.72. The highest BCUT2D eigenvalue weighted by Crippen LogP contribution is 2.08. The average molecular weight is 230 g/mol. The van der Waals surface area contributed by atoms with Crippen LogP contribution in [0.4, 0.5) is 10.5 Å². The van der Waals surface area contributed by atoms with E-state index in [0.29, 0.717) is 6.54 Å². The van der Waals surface area contributed by atoms with E-state index in [1.165, 1.54) is 0 Å². The summed E-state index contributed by atoms with van der Waals surface area (Å²) in [6, 6.07) is 12.8. The maximum atomic E-state index is 11.8. The lowest BCUT2D eigenvalue weighted by Crippen LogP contribution is -2.30. The highest BCUT2D eigenvalue weighted by Gasteiger charge is 2.10. The Bertz CT molecular complexity index is 465. The van der Waals surface area contributed by atoms with E-state index in [1.54, 1.807) is 24.3 Å². The molecule has 1 aromatic carbocycles. The lowest BCUT2D eigenvalue weighted by Gasteiger charge is -2.16. The van der Waals surface area contributed by atoms with E-state index in [1.807, 2.05) is 36.4 Å².